The van der Waals surface area contributed by atoms with Crippen LogP contribution in [0.5, 0.6) is 17.2 Å². The van der Waals surface area contributed by atoms with Crippen molar-refractivity contribution in [3.05, 3.63) is 53.6 Å². The van der Waals surface area contributed by atoms with Crippen LogP contribution in [0.2, 0.25) is 0 Å². The van der Waals surface area contributed by atoms with Gasteiger partial charge in [-0.05, 0) is 61.7 Å². The Kier molecular flexibility index (Phi) is 6.00. The minimum Gasteiger partial charge on any atom is -0.494 e. The molecule has 0 saturated heterocycles. The predicted molar refractivity (Wildman–Crippen MR) is 100 cm³/mol. The van der Waals surface area contributed by atoms with E-state index in [0.29, 0.717) is 12.4 Å². The topological polar surface area (TPSA) is 56.8 Å². The Balaban J connectivity index is 1.44. The molecular formula is C21H25NO4. The lowest BCUT2D eigenvalue weighted by atomic mass is 10.0. The molecule has 138 valence electrons. The predicted octanol–water partition coefficient (Wildman–Crippen LogP) is 3.15. The second-order valence-electron chi connectivity index (χ2n) is 6.41. The molecule has 5 heteroatoms. The van der Waals surface area contributed by atoms with Crippen molar-refractivity contribution < 1.29 is 19.0 Å². The second kappa shape index (κ2) is 8.61. The largest absolute Gasteiger partial charge is 0.494 e. The third-order valence-electron chi connectivity index (χ3n) is 4.21. The smallest absolute Gasteiger partial charge is 0.258 e. The summed E-state index contributed by atoms with van der Waals surface area (Å²) in [5, 5.41) is 2.98. The minimum absolute atomic E-state index is 0.00362. The van der Waals surface area contributed by atoms with Crippen molar-refractivity contribution in [3.8, 4) is 17.2 Å². The highest BCUT2D eigenvalue weighted by atomic mass is 16.5. The van der Waals surface area contributed by atoms with E-state index in [1.54, 1.807) is 12.1 Å². The number of hydrogen-bond donors (Lipinski definition) is 1. The first-order chi connectivity index (χ1) is 12.6. The van der Waals surface area contributed by atoms with Crippen molar-refractivity contribution in [1.82, 2.24) is 5.32 Å². The van der Waals surface area contributed by atoms with Crippen molar-refractivity contribution >= 4 is 5.91 Å². The number of carbonyl (C=O) groups is 1. The van der Waals surface area contributed by atoms with Gasteiger partial charge in [0.1, 0.15) is 17.2 Å². The van der Waals surface area contributed by atoms with E-state index in [0.717, 1.165) is 30.9 Å². The summed E-state index contributed by atoms with van der Waals surface area (Å²) in [6, 6.07) is 13.5. The fourth-order valence-electron chi connectivity index (χ4n) is 3.04. The molecule has 0 spiro atoms. The normalized spacial score (nSPS) is 13.5. The lowest BCUT2D eigenvalue weighted by Crippen LogP contribution is -2.37. The number of carbonyl (C=O) groups excluding carboxylic acids is 1. The number of nitrogens with one attached hydrogen (secondary N) is 1. The zero-order valence-electron chi connectivity index (χ0n) is 15.3. The van der Waals surface area contributed by atoms with E-state index < -0.39 is 0 Å². The van der Waals surface area contributed by atoms with Crippen LogP contribution in [0.1, 0.15) is 25.0 Å². The maximum Gasteiger partial charge on any atom is 0.258 e. The number of fused-ring (bicyclic) bond motifs is 1. The Hall–Kier alpha value is -2.69. The van der Waals surface area contributed by atoms with Gasteiger partial charge in [-0.3, -0.25) is 4.79 Å². The van der Waals surface area contributed by atoms with Gasteiger partial charge in [-0.1, -0.05) is 12.1 Å². The van der Waals surface area contributed by atoms with E-state index in [-0.39, 0.29) is 18.6 Å². The molecule has 3 rings (SSSR count). The average molecular weight is 355 g/mol. The quantitative estimate of drug-likeness (QED) is 0.790. The first kappa shape index (κ1) is 18.1. The molecule has 0 aromatic heterocycles. The van der Waals surface area contributed by atoms with E-state index >= 15 is 0 Å². The van der Waals surface area contributed by atoms with Crippen LogP contribution in [0.15, 0.2) is 42.5 Å². The van der Waals surface area contributed by atoms with E-state index in [1.807, 2.05) is 32.0 Å². The first-order valence-electron chi connectivity index (χ1n) is 9.03. The van der Waals surface area contributed by atoms with Gasteiger partial charge in [-0.15, -0.1) is 0 Å². The van der Waals surface area contributed by atoms with Gasteiger partial charge in [0, 0.05) is 12.5 Å². The fourth-order valence-corrected chi connectivity index (χ4v) is 3.04. The van der Waals surface area contributed by atoms with Gasteiger partial charge in [-0.2, -0.15) is 0 Å². The molecule has 1 heterocycles. The number of rotatable bonds is 8. The summed E-state index contributed by atoms with van der Waals surface area (Å²) in [7, 11) is 0. The van der Waals surface area contributed by atoms with E-state index in [4.69, 9.17) is 14.2 Å². The lowest BCUT2D eigenvalue weighted by Gasteiger charge is -2.15. The van der Waals surface area contributed by atoms with Crippen molar-refractivity contribution in [2.24, 2.45) is 0 Å². The van der Waals surface area contributed by atoms with Gasteiger partial charge >= 0.3 is 0 Å². The molecule has 1 amide bonds. The van der Waals surface area contributed by atoms with Crippen LogP contribution in [-0.2, 0) is 17.6 Å². The summed E-state index contributed by atoms with van der Waals surface area (Å²) >= 11 is 0. The zero-order chi connectivity index (χ0) is 18.4. The lowest BCUT2D eigenvalue weighted by molar-refractivity contribution is -0.123. The van der Waals surface area contributed by atoms with Crippen LogP contribution in [0.25, 0.3) is 0 Å². The molecule has 1 aliphatic rings. The molecule has 0 aliphatic carbocycles. The monoisotopic (exact) mass is 355 g/mol. The summed E-state index contributed by atoms with van der Waals surface area (Å²) < 4.78 is 16.4. The van der Waals surface area contributed by atoms with E-state index in [9.17, 15) is 4.79 Å². The molecule has 0 bridgehead atoms. The van der Waals surface area contributed by atoms with Crippen molar-refractivity contribution in [1.29, 1.82) is 0 Å². The third kappa shape index (κ3) is 4.91. The van der Waals surface area contributed by atoms with Crippen molar-refractivity contribution in [2.45, 2.75) is 32.7 Å². The summed E-state index contributed by atoms with van der Waals surface area (Å²) in [4.78, 5) is 12.1. The Morgan fingerprint density at radius 1 is 1.15 bits per heavy atom. The molecule has 1 aliphatic heterocycles. The average Bonchev–Trinajstić information content (AvgIpc) is 3.09. The SMILES string of the molecule is CCOc1ccc(OCC(=O)NC(C)Cc2ccc3c(c2)CCO3)cc1. The Morgan fingerprint density at radius 2 is 1.88 bits per heavy atom. The summed E-state index contributed by atoms with van der Waals surface area (Å²) in [5.41, 5.74) is 2.45. The molecule has 0 saturated carbocycles. The molecule has 2 aromatic carbocycles. The highest BCUT2D eigenvalue weighted by molar-refractivity contribution is 5.77. The van der Waals surface area contributed by atoms with Crippen LogP contribution < -0.4 is 19.5 Å². The molecule has 1 atom stereocenters. The number of ether oxygens (including phenoxy) is 3. The van der Waals surface area contributed by atoms with Crippen LogP contribution in [0.4, 0.5) is 0 Å². The molecular weight excluding hydrogens is 330 g/mol. The number of hydrogen-bond acceptors (Lipinski definition) is 4. The molecule has 1 unspecified atom stereocenters. The van der Waals surface area contributed by atoms with Crippen LogP contribution in [0, 0.1) is 0 Å². The summed E-state index contributed by atoms with van der Waals surface area (Å²) in [6.07, 6.45) is 1.74. The van der Waals surface area contributed by atoms with Crippen LogP contribution >= 0.6 is 0 Å². The number of benzene rings is 2. The minimum atomic E-state index is -0.129. The zero-order valence-corrected chi connectivity index (χ0v) is 15.3. The van der Waals surface area contributed by atoms with E-state index in [1.165, 1.54) is 11.1 Å². The Morgan fingerprint density at radius 3 is 2.62 bits per heavy atom. The van der Waals surface area contributed by atoms with Gasteiger partial charge in [0.2, 0.25) is 0 Å². The molecule has 0 fully saturated rings. The van der Waals surface area contributed by atoms with Gasteiger partial charge in [0.05, 0.1) is 13.2 Å². The standard InChI is InChI=1S/C21H25NO4/c1-3-24-18-5-7-19(8-6-18)26-14-21(23)22-15(2)12-16-4-9-20-17(13-16)10-11-25-20/h4-9,13,15H,3,10-12,14H2,1-2H3,(H,22,23). The second-order valence-corrected chi connectivity index (χ2v) is 6.41. The van der Waals surface area contributed by atoms with Gasteiger partial charge in [0.15, 0.2) is 6.61 Å². The fraction of sp³-hybridized carbons (Fsp3) is 0.381. The number of amides is 1. The van der Waals surface area contributed by atoms with Crippen LogP contribution in [0.3, 0.4) is 0 Å². The Labute approximate surface area is 154 Å². The first-order valence-corrected chi connectivity index (χ1v) is 9.03. The molecule has 5 nitrogen and oxygen atoms in total. The molecule has 2 aromatic rings. The van der Waals surface area contributed by atoms with E-state index in [2.05, 4.69) is 17.4 Å². The third-order valence-corrected chi connectivity index (χ3v) is 4.21. The molecule has 26 heavy (non-hydrogen) atoms. The maximum atomic E-state index is 12.1. The summed E-state index contributed by atoms with van der Waals surface area (Å²) in [6.45, 7) is 5.31. The molecule has 1 N–H and O–H groups in total. The van der Waals surface area contributed by atoms with Crippen molar-refractivity contribution in [2.75, 3.05) is 19.8 Å². The van der Waals surface area contributed by atoms with Crippen molar-refractivity contribution in [3.63, 3.8) is 0 Å². The highest BCUT2D eigenvalue weighted by Gasteiger charge is 2.14. The van der Waals surface area contributed by atoms with Gasteiger partial charge in [-0.25, -0.2) is 0 Å². The van der Waals surface area contributed by atoms with Crippen LogP contribution in [-0.4, -0.2) is 31.8 Å². The summed E-state index contributed by atoms with van der Waals surface area (Å²) in [5.74, 6) is 2.29. The highest BCUT2D eigenvalue weighted by Crippen LogP contribution is 2.26. The van der Waals surface area contributed by atoms with Gasteiger partial charge < -0.3 is 19.5 Å². The maximum absolute atomic E-state index is 12.1. The Bertz CT molecular complexity index is 742. The van der Waals surface area contributed by atoms with Gasteiger partial charge in [0.25, 0.3) is 5.91 Å². The molecule has 0 radical (unpaired) electrons.